The Labute approximate surface area is 111 Å². The molecule has 18 heavy (non-hydrogen) atoms. The lowest BCUT2D eigenvalue weighted by Crippen LogP contribution is -2.05. The summed E-state index contributed by atoms with van der Waals surface area (Å²) in [5, 5.41) is 8.18. The highest BCUT2D eigenvalue weighted by atomic mass is 15.4. The summed E-state index contributed by atoms with van der Waals surface area (Å²) in [5.74, 6) is 0. The van der Waals surface area contributed by atoms with Gasteiger partial charge in [0, 0.05) is 13.0 Å². The molecule has 0 unspecified atom stereocenters. The lowest BCUT2D eigenvalue weighted by molar-refractivity contribution is 0.506. The monoisotopic (exact) mass is 249 g/mol. The van der Waals surface area contributed by atoms with Crippen molar-refractivity contribution in [3.63, 3.8) is 0 Å². The van der Waals surface area contributed by atoms with Crippen molar-refractivity contribution in [2.45, 2.75) is 72.3 Å². The summed E-state index contributed by atoms with van der Waals surface area (Å²) in [4.78, 5) is 0. The van der Waals surface area contributed by atoms with E-state index in [2.05, 4.69) is 41.8 Å². The maximum atomic E-state index is 4.17. The van der Waals surface area contributed by atoms with Gasteiger partial charge in [0.05, 0.1) is 11.9 Å². The van der Waals surface area contributed by atoms with Crippen molar-refractivity contribution in [3.8, 4) is 0 Å². The van der Waals surface area contributed by atoms with E-state index in [9.17, 15) is 0 Å². The van der Waals surface area contributed by atoms with Crippen LogP contribution in [0.2, 0.25) is 0 Å². The van der Waals surface area contributed by atoms with E-state index in [4.69, 9.17) is 0 Å². The molecule has 0 bridgehead atoms. The van der Waals surface area contributed by atoms with Crippen molar-refractivity contribution in [1.29, 1.82) is 0 Å². The van der Waals surface area contributed by atoms with Gasteiger partial charge in [0.2, 0.25) is 0 Å². The number of hydrogen-bond donors (Lipinski definition) is 0. The number of allylic oxidation sites excluding steroid dienone is 2. The van der Waals surface area contributed by atoms with Crippen molar-refractivity contribution < 1.29 is 0 Å². The average Bonchev–Trinajstić information content (AvgIpc) is 2.78. The summed E-state index contributed by atoms with van der Waals surface area (Å²) in [6.07, 6.45) is 13.0. The molecule has 0 atom stereocenters. The van der Waals surface area contributed by atoms with Gasteiger partial charge in [0.15, 0.2) is 0 Å². The first-order valence-corrected chi connectivity index (χ1v) is 7.24. The van der Waals surface area contributed by atoms with Crippen LogP contribution >= 0.6 is 0 Å². The molecule has 0 saturated carbocycles. The van der Waals surface area contributed by atoms with E-state index in [1.807, 2.05) is 6.20 Å². The number of aromatic nitrogens is 3. The molecule has 1 aromatic heterocycles. The van der Waals surface area contributed by atoms with Crippen LogP contribution in [0.25, 0.3) is 0 Å². The molecule has 102 valence electrons. The van der Waals surface area contributed by atoms with E-state index >= 15 is 0 Å². The molecule has 0 radical (unpaired) electrons. The fourth-order valence-corrected chi connectivity index (χ4v) is 1.98. The average molecular weight is 249 g/mol. The molecule has 1 heterocycles. The van der Waals surface area contributed by atoms with E-state index in [1.54, 1.807) is 0 Å². The Bertz CT molecular complexity index is 348. The number of aryl methyl sites for hydroxylation is 1. The van der Waals surface area contributed by atoms with Crippen molar-refractivity contribution >= 4 is 0 Å². The number of unbranched alkanes of at least 4 members (excludes halogenated alkanes) is 5. The molecule has 0 spiro atoms. The summed E-state index contributed by atoms with van der Waals surface area (Å²) in [7, 11) is 0. The predicted octanol–water partition coefficient (Wildman–Crippen LogP) is 4.15. The van der Waals surface area contributed by atoms with Crippen molar-refractivity contribution in [3.05, 3.63) is 23.5 Å². The molecule has 0 saturated heterocycles. The van der Waals surface area contributed by atoms with Gasteiger partial charge in [0.25, 0.3) is 0 Å². The van der Waals surface area contributed by atoms with Crippen molar-refractivity contribution in [2.24, 2.45) is 0 Å². The Balaban J connectivity index is 2.25. The van der Waals surface area contributed by atoms with Crippen LogP contribution in [0.3, 0.4) is 0 Å². The topological polar surface area (TPSA) is 30.7 Å². The summed E-state index contributed by atoms with van der Waals surface area (Å²) in [6, 6.07) is 0. The number of rotatable bonds is 9. The molecule has 0 aliphatic carbocycles. The third-order valence-corrected chi connectivity index (χ3v) is 3.14. The Morgan fingerprint density at radius 3 is 2.61 bits per heavy atom. The molecular weight excluding hydrogens is 222 g/mol. The smallest absolute Gasteiger partial charge is 0.0728 e. The Morgan fingerprint density at radius 2 is 1.89 bits per heavy atom. The highest BCUT2D eigenvalue weighted by Crippen LogP contribution is 2.08. The summed E-state index contributed by atoms with van der Waals surface area (Å²) >= 11 is 0. The SMILES string of the molecule is CCCCCCCCn1nncc1CC=C(C)C. The minimum absolute atomic E-state index is 0.950. The molecule has 0 aliphatic rings. The second-order valence-electron chi connectivity index (χ2n) is 5.20. The van der Waals surface area contributed by atoms with Gasteiger partial charge >= 0.3 is 0 Å². The second kappa shape index (κ2) is 8.90. The largest absolute Gasteiger partial charge is 0.249 e. The van der Waals surface area contributed by atoms with Crippen LogP contribution in [0.1, 0.15) is 65.0 Å². The van der Waals surface area contributed by atoms with Crippen LogP contribution < -0.4 is 0 Å². The standard InChI is InChI=1S/C15H27N3/c1-4-5-6-7-8-9-12-18-15(13-16-17-18)11-10-14(2)3/h10,13H,4-9,11-12H2,1-3H3. The maximum Gasteiger partial charge on any atom is 0.0728 e. The molecular formula is C15H27N3. The summed E-state index contributed by atoms with van der Waals surface area (Å²) in [5.41, 5.74) is 2.58. The van der Waals surface area contributed by atoms with Gasteiger partial charge < -0.3 is 0 Å². The van der Waals surface area contributed by atoms with Crippen LogP contribution in [0, 0.1) is 0 Å². The van der Waals surface area contributed by atoms with Gasteiger partial charge in [-0.3, -0.25) is 0 Å². The van der Waals surface area contributed by atoms with Gasteiger partial charge in [-0.1, -0.05) is 55.9 Å². The first kappa shape index (κ1) is 14.9. The van der Waals surface area contributed by atoms with E-state index < -0.39 is 0 Å². The molecule has 0 aromatic carbocycles. The third-order valence-electron chi connectivity index (χ3n) is 3.14. The first-order chi connectivity index (χ1) is 8.74. The summed E-state index contributed by atoms with van der Waals surface area (Å²) in [6.45, 7) is 7.52. The van der Waals surface area contributed by atoms with Crippen molar-refractivity contribution in [2.75, 3.05) is 0 Å². The fourth-order valence-electron chi connectivity index (χ4n) is 1.98. The molecule has 0 N–H and O–H groups in total. The molecule has 0 fully saturated rings. The zero-order valence-electron chi connectivity index (χ0n) is 12.2. The molecule has 3 heteroatoms. The number of hydrogen-bond acceptors (Lipinski definition) is 2. The van der Waals surface area contributed by atoms with Gasteiger partial charge in [-0.25, -0.2) is 4.68 Å². The lowest BCUT2D eigenvalue weighted by Gasteiger charge is -2.04. The van der Waals surface area contributed by atoms with Crippen LogP contribution in [0.5, 0.6) is 0 Å². The zero-order chi connectivity index (χ0) is 13.2. The van der Waals surface area contributed by atoms with Crippen molar-refractivity contribution in [1.82, 2.24) is 15.0 Å². The third kappa shape index (κ3) is 5.99. The van der Waals surface area contributed by atoms with Crippen LogP contribution in [-0.4, -0.2) is 15.0 Å². The van der Waals surface area contributed by atoms with Gasteiger partial charge in [-0.05, 0) is 20.3 Å². The lowest BCUT2D eigenvalue weighted by atomic mass is 10.1. The van der Waals surface area contributed by atoms with Crippen LogP contribution in [-0.2, 0) is 13.0 Å². The first-order valence-electron chi connectivity index (χ1n) is 7.24. The molecule has 0 amide bonds. The van der Waals surface area contributed by atoms with Gasteiger partial charge in [-0.2, -0.15) is 0 Å². The minimum atomic E-state index is 0.950. The quantitative estimate of drug-likeness (QED) is 0.486. The minimum Gasteiger partial charge on any atom is -0.249 e. The second-order valence-corrected chi connectivity index (χ2v) is 5.20. The zero-order valence-corrected chi connectivity index (χ0v) is 12.2. The van der Waals surface area contributed by atoms with E-state index in [-0.39, 0.29) is 0 Å². The van der Waals surface area contributed by atoms with E-state index in [1.165, 1.54) is 49.8 Å². The fraction of sp³-hybridized carbons (Fsp3) is 0.733. The van der Waals surface area contributed by atoms with Gasteiger partial charge in [0.1, 0.15) is 0 Å². The van der Waals surface area contributed by atoms with Crippen LogP contribution in [0.4, 0.5) is 0 Å². The highest BCUT2D eigenvalue weighted by molar-refractivity contribution is 5.05. The molecule has 3 nitrogen and oxygen atoms in total. The highest BCUT2D eigenvalue weighted by Gasteiger charge is 2.01. The normalized spacial score (nSPS) is 10.6. The predicted molar refractivity (Wildman–Crippen MR) is 76.5 cm³/mol. The van der Waals surface area contributed by atoms with Gasteiger partial charge in [-0.15, -0.1) is 5.10 Å². The summed E-state index contributed by atoms with van der Waals surface area (Å²) < 4.78 is 2.05. The molecule has 1 rings (SSSR count). The maximum absolute atomic E-state index is 4.17. The van der Waals surface area contributed by atoms with Crippen LogP contribution in [0.15, 0.2) is 17.8 Å². The van der Waals surface area contributed by atoms with E-state index in [0.717, 1.165) is 13.0 Å². The number of nitrogens with zero attached hydrogens (tertiary/aromatic N) is 3. The van der Waals surface area contributed by atoms with E-state index in [0.29, 0.717) is 0 Å². The Hall–Kier alpha value is -1.12. The molecule has 1 aromatic rings. The Morgan fingerprint density at radius 1 is 1.17 bits per heavy atom. The Kier molecular flexibility index (Phi) is 7.38. The molecule has 0 aliphatic heterocycles.